The number of hydrogen-bond donors (Lipinski definition) is 1. The number of carbonyl (C=O) groups is 1. The maximum absolute atomic E-state index is 13.0. The molecule has 0 saturated carbocycles. The van der Waals surface area contributed by atoms with E-state index in [4.69, 9.17) is 0 Å². The Balaban J connectivity index is 1.76. The number of anilines is 1. The van der Waals surface area contributed by atoms with Crippen LogP contribution in [-0.4, -0.2) is 21.1 Å². The van der Waals surface area contributed by atoms with Gasteiger partial charge in [-0.2, -0.15) is 18.3 Å². The maximum Gasteiger partial charge on any atom is 0.416 e. The van der Waals surface area contributed by atoms with Gasteiger partial charge in [-0.3, -0.25) is 4.79 Å². The largest absolute Gasteiger partial charge is 0.416 e. The van der Waals surface area contributed by atoms with Gasteiger partial charge in [-0.15, -0.1) is 5.10 Å². The molecular formula is C21H13F3N4O. The highest BCUT2D eigenvalue weighted by atomic mass is 19.4. The van der Waals surface area contributed by atoms with Crippen molar-refractivity contribution in [2.24, 2.45) is 0 Å². The molecule has 0 atom stereocenters. The molecule has 8 heteroatoms. The lowest BCUT2D eigenvalue weighted by Gasteiger charge is -2.10. The molecular weight excluding hydrogens is 381 g/mol. The van der Waals surface area contributed by atoms with Crippen LogP contribution in [-0.2, 0) is 6.18 Å². The van der Waals surface area contributed by atoms with Gasteiger partial charge in [0, 0.05) is 17.1 Å². The Morgan fingerprint density at radius 3 is 2.52 bits per heavy atom. The minimum Gasteiger partial charge on any atom is -0.305 e. The quantitative estimate of drug-likeness (QED) is 0.533. The number of rotatable bonds is 3. The fourth-order valence-corrected chi connectivity index (χ4v) is 2.90. The van der Waals surface area contributed by atoms with E-state index in [-0.39, 0.29) is 11.4 Å². The first-order valence-electron chi connectivity index (χ1n) is 8.58. The highest BCUT2D eigenvalue weighted by Gasteiger charge is 2.30. The molecule has 2 aromatic carbocycles. The molecule has 0 aliphatic carbocycles. The molecule has 144 valence electrons. The van der Waals surface area contributed by atoms with Crippen molar-refractivity contribution >= 4 is 22.6 Å². The molecule has 2 aromatic heterocycles. The van der Waals surface area contributed by atoms with E-state index in [1.54, 1.807) is 48.5 Å². The van der Waals surface area contributed by atoms with Gasteiger partial charge in [-0.25, -0.2) is 4.98 Å². The highest BCUT2D eigenvalue weighted by Crippen LogP contribution is 2.32. The summed E-state index contributed by atoms with van der Waals surface area (Å²) in [6.07, 6.45) is -2.97. The van der Waals surface area contributed by atoms with Crippen molar-refractivity contribution in [1.82, 2.24) is 15.2 Å². The first-order valence-corrected chi connectivity index (χ1v) is 8.58. The molecule has 29 heavy (non-hydrogen) atoms. The van der Waals surface area contributed by atoms with Crippen LogP contribution in [0, 0.1) is 0 Å². The van der Waals surface area contributed by atoms with Crippen molar-refractivity contribution in [3.63, 3.8) is 0 Å². The number of pyridine rings is 1. The van der Waals surface area contributed by atoms with E-state index in [1.165, 1.54) is 12.3 Å². The molecule has 0 saturated heterocycles. The number of nitrogens with one attached hydrogen (secondary N) is 1. The number of aromatic nitrogens is 3. The van der Waals surface area contributed by atoms with Crippen LogP contribution >= 0.6 is 0 Å². The second kappa shape index (κ2) is 7.31. The predicted molar refractivity (Wildman–Crippen MR) is 102 cm³/mol. The third-order valence-electron chi connectivity index (χ3n) is 4.26. The zero-order valence-corrected chi connectivity index (χ0v) is 14.8. The van der Waals surface area contributed by atoms with E-state index in [0.717, 1.165) is 12.1 Å². The molecule has 0 bridgehead atoms. The van der Waals surface area contributed by atoms with Gasteiger partial charge < -0.3 is 5.32 Å². The fourth-order valence-electron chi connectivity index (χ4n) is 2.90. The van der Waals surface area contributed by atoms with E-state index >= 15 is 0 Å². The molecule has 5 nitrogen and oxygen atoms in total. The summed E-state index contributed by atoms with van der Waals surface area (Å²) in [5.74, 6) is -0.159. The average molecular weight is 394 g/mol. The van der Waals surface area contributed by atoms with E-state index in [0.29, 0.717) is 22.2 Å². The van der Waals surface area contributed by atoms with E-state index in [2.05, 4.69) is 20.5 Å². The van der Waals surface area contributed by atoms with Crippen molar-refractivity contribution in [2.75, 3.05) is 5.32 Å². The lowest BCUT2D eigenvalue weighted by atomic mass is 10.0. The Labute approximate surface area is 163 Å². The monoisotopic (exact) mass is 394 g/mol. The van der Waals surface area contributed by atoms with Crippen LogP contribution in [0.4, 0.5) is 19.0 Å². The van der Waals surface area contributed by atoms with Gasteiger partial charge in [0.05, 0.1) is 22.3 Å². The van der Waals surface area contributed by atoms with Gasteiger partial charge in [-0.05, 0) is 36.4 Å². The summed E-state index contributed by atoms with van der Waals surface area (Å²) in [5, 5.41) is 10.8. The Morgan fingerprint density at radius 1 is 0.931 bits per heavy atom. The SMILES string of the molecule is O=C(Nc1cccnn1)c1cccc2ccc(-c3cccc(C(F)(F)F)c3)nc12. The van der Waals surface area contributed by atoms with Crippen molar-refractivity contribution in [2.45, 2.75) is 6.18 Å². The first kappa shape index (κ1) is 18.5. The van der Waals surface area contributed by atoms with Crippen LogP contribution in [0.1, 0.15) is 15.9 Å². The third kappa shape index (κ3) is 3.91. The number of halogens is 3. The number of para-hydroxylation sites is 1. The van der Waals surface area contributed by atoms with Gasteiger partial charge in [0.1, 0.15) is 0 Å². The van der Waals surface area contributed by atoms with Crippen LogP contribution in [0.2, 0.25) is 0 Å². The first-order chi connectivity index (χ1) is 13.9. The lowest BCUT2D eigenvalue weighted by molar-refractivity contribution is -0.137. The summed E-state index contributed by atoms with van der Waals surface area (Å²) in [6.45, 7) is 0. The second-order valence-corrected chi connectivity index (χ2v) is 6.22. The summed E-state index contributed by atoms with van der Waals surface area (Å²) < 4.78 is 39.1. The van der Waals surface area contributed by atoms with Gasteiger partial charge in [0.2, 0.25) is 0 Å². The number of benzene rings is 2. The molecule has 0 aliphatic rings. The number of alkyl halides is 3. The molecule has 0 fully saturated rings. The number of carbonyl (C=O) groups excluding carboxylic acids is 1. The van der Waals surface area contributed by atoms with Gasteiger partial charge in [0.25, 0.3) is 5.91 Å². The normalized spacial score (nSPS) is 11.4. The van der Waals surface area contributed by atoms with Crippen LogP contribution in [0.25, 0.3) is 22.2 Å². The number of hydrogen-bond acceptors (Lipinski definition) is 4. The van der Waals surface area contributed by atoms with Gasteiger partial charge >= 0.3 is 6.18 Å². The average Bonchev–Trinajstić information content (AvgIpc) is 2.73. The standard InChI is InChI=1S/C21H13F3N4O/c22-21(23,24)15-6-1-5-14(12-15)17-10-9-13-4-2-7-16(19(13)26-17)20(29)27-18-8-3-11-25-28-18/h1-12H,(H,27,28,29). The lowest BCUT2D eigenvalue weighted by Crippen LogP contribution is -2.14. The van der Waals surface area contributed by atoms with E-state index in [9.17, 15) is 18.0 Å². The second-order valence-electron chi connectivity index (χ2n) is 6.22. The molecule has 1 amide bonds. The molecule has 0 aliphatic heterocycles. The van der Waals surface area contributed by atoms with Gasteiger partial charge in [-0.1, -0.05) is 30.3 Å². The molecule has 0 unspecified atom stereocenters. The zero-order chi connectivity index (χ0) is 20.4. The third-order valence-corrected chi connectivity index (χ3v) is 4.26. The number of nitrogens with zero attached hydrogens (tertiary/aromatic N) is 3. The zero-order valence-electron chi connectivity index (χ0n) is 14.8. The van der Waals surface area contributed by atoms with Crippen molar-refractivity contribution in [3.8, 4) is 11.3 Å². The minimum atomic E-state index is -4.45. The van der Waals surface area contributed by atoms with Crippen molar-refractivity contribution in [3.05, 3.63) is 84.1 Å². The summed E-state index contributed by atoms with van der Waals surface area (Å²) >= 11 is 0. The molecule has 0 radical (unpaired) electrons. The predicted octanol–water partition coefficient (Wildman–Crippen LogP) is 4.96. The Kier molecular flexibility index (Phi) is 4.67. The Morgan fingerprint density at radius 2 is 1.76 bits per heavy atom. The summed E-state index contributed by atoms with van der Waals surface area (Å²) in [7, 11) is 0. The molecule has 4 aromatic rings. The van der Waals surface area contributed by atoms with Crippen LogP contribution < -0.4 is 5.32 Å². The van der Waals surface area contributed by atoms with E-state index < -0.39 is 17.6 Å². The summed E-state index contributed by atoms with van der Waals surface area (Å²) in [6, 6.07) is 16.6. The Hall–Kier alpha value is -3.81. The highest BCUT2D eigenvalue weighted by molar-refractivity contribution is 6.11. The van der Waals surface area contributed by atoms with Crippen LogP contribution in [0.5, 0.6) is 0 Å². The molecule has 0 spiro atoms. The fraction of sp³-hybridized carbons (Fsp3) is 0.0476. The minimum absolute atomic E-state index is 0.280. The summed E-state index contributed by atoms with van der Waals surface area (Å²) in [5.41, 5.74) is 0.547. The Bertz CT molecular complexity index is 1190. The van der Waals surface area contributed by atoms with Gasteiger partial charge in [0.15, 0.2) is 5.82 Å². The van der Waals surface area contributed by atoms with Crippen LogP contribution in [0.15, 0.2) is 72.9 Å². The van der Waals surface area contributed by atoms with Crippen LogP contribution in [0.3, 0.4) is 0 Å². The smallest absolute Gasteiger partial charge is 0.305 e. The number of amides is 1. The van der Waals surface area contributed by atoms with E-state index in [1.807, 2.05) is 0 Å². The molecule has 1 N–H and O–H groups in total. The van der Waals surface area contributed by atoms with Crippen molar-refractivity contribution in [1.29, 1.82) is 0 Å². The number of fused-ring (bicyclic) bond motifs is 1. The summed E-state index contributed by atoms with van der Waals surface area (Å²) in [4.78, 5) is 17.2. The molecule has 2 heterocycles. The topological polar surface area (TPSA) is 67.8 Å². The van der Waals surface area contributed by atoms with Crippen molar-refractivity contribution < 1.29 is 18.0 Å². The maximum atomic E-state index is 13.0. The molecule has 4 rings (SSSR count).